The molecule has 0 radical (unpaired) electrons. The first-order chi connectivity index (χ1) is 15.9. The summed E-state index contributed by atoms with van der Waals surface area (Å²) in [5, 5.41) is 8.09. The van der Waals surface area contributed by atoms with Crippen LogP contribution in [0.3, 0.4) is 0 Å². The largest absolute Gasteiger partial charge is 0.489 e. The lowest BCUT2D eigenvalue weighted by Gasteiger charge is -2.13. The molecule has 1 aliphatic heterocycles. The van der Waals surface area contributed by atoms with Gasteiger partial charge >= 0.3 is 0 Å². The monoisotopic (exact) mass is 465 g/mol. The van der Waals surface area contributed by atoms with E-state index in [4.69, 9.17) is 9.15 Å². The molecule has 4 aromatic rings. The van der Waals surface area contributed by atoms with Gasteiger partial charge in [-0.2, -0.15) is 5.10 Å². The number of nitrogens with zero attached hydrogens (tertiary/aromatic N) is 2. The van der Waals surface area contributed by atoms with E-state index < -0.39 is 15.7 Å². The summed E-state index contributed by atoms with van der Waals surface area (Å²) in [6, 6.07) is 18.2. The van der Waals surface area contributed by atoms with Gasteiger partial charge in [-0.3, -0.25) is 4.79 Å². The first kappa shape index (κ1) is 21.3. The highest BCUT2D eigenvalue weighted by molar-refractivity contribution is 7.91. The fourth-order valence-electron chi connectivity index (χ4n) is 4.13. The number of para-hydroxylation sites is 2. The molecule has 1 N–H and O–H groups in total. The standard InChI is InChI=1S/C24H23N3O5S/c1-16-13-22(27(26-16)17-11-12-33(29,30)15-17)25-24(28)23-20(14-31-18-7-3-2-4-8-18)19-9-5-6-10-21(19)32-23/h2-10,13,17H,11-12,14-15H2,1H3,(H,25,28)/t17-/m0/s1. The zero-order valence-corrected chi connectivity index (χ0v) is 18.8. The van der Waals surface area contributed by atoms with Crippen molar-refractivity contribution in [1.82, 2.24) is 9.78 Å². The second-order valence-electron chi connectivity index (χ2n) is 8.13. The van der Waals surface area contributed by atoms with Crippen LogP contribution in [-0.2, 0) is 16.4 Å². The Balaban J connectivity index is 1.45. The van der Waals surface area contributed by atoms with E-state index in [1.54, 1.807) is 23.7 Å². The topological polar surface area (TPSA) is 103 Å². The molecule has 1 fully saturated rings. The molecule has 1 amide bonds. The van der Waals surface area contributed by atoms with Gasteiger partial charge < -0.3 is 14.5 Å². The molecule has 0 spiro atoms. The number of carbonyl (C=O) groups excluding carboxylic acids is 1. The summed E-state index contributed by atoms with van der Waals surface area (Å²) < 4.78 is 37.3. The van der Waals surface area contributed by atoms with Crippen molar-refractivity contribution in [2.75, 3.05) is 16.8 Å². The van der Waals surface area contributed by atoms with E-state index in [1.807, 2.05) is 48.5 Å². The number of nitrogens with one attached hydrogen (secondary N) is 1. The van der Waals surface area contributed by atoms with Gasteiger partial charge in [0.1, 0.15) is 23.8 Å². The first-order valence-corrected chi connectivity index (χ1v) is 12.5. The Kier molecular flexibility index (Phi) is 5.41. The average molecular weight is 466 g/mol. The molecule has 33 heavy (non-hydrogen) atoms. The maximum atomic E-state index is 13.3. The van der Waals surface area contributed by atoms with Crippen molar-refractivity contribution in [3.63, 3.8) is 0 Å². The van der Waals surface area contributed by atoms with Crippen molar-refractivity contribution >= 4 is 32.5 Å². The number of aryl methyl sites for hydroxylation is 1. The van der Waals surface area contributed by atoms with E-state index in [1.165, 1.54) is 0 Å². The minimum absolute atomic E-state index is 0.0117. The summed E-state index contributed by atoms with van der Waals surface area (Å²) in [5.74, 6) is 0.962. The Morgan fingerprint density at radius 2 is 1.94 bits per heavy atom. The Bertz CT molecular complexity index is 1420. The molecule has 2 aromatic heterocycles. The quantitative estimate of drug-likeness (QED) is 0.459. The lowest BCUT2D eigenvalue weighted by Crippen LogP contribution is -2.20. The predicted molar refractivity (Wildman–Crippen MR) is 124 cm³/mol. The predicted octanol–water partition coefficient (Wildman–Crippen LogP) is 4.13. The van der Waals surface area contributed by atoms with Crippen LogP contribution in [0.5, 0.6) is 5.75 Å². The van der Waals surface area contributed by atoms with Crippen LogP contribution in [0, 0.1) is 6.92 Å². The maximum absolute atomic E-state index is 13.3. The number of ether oxygens (including phenoxy) is 1. The number of aromatic nitrogens is 2. The number of furan rings is 1. The number of anilines is 1. The van der Waals surface area contributed by atoms with E-state index in [2.05, 4.69) is 10.4 Å². The molecular weight excluding hydrogens is 442 g/mol. The molecule has 5 rings (SSSR count). The lowest BCUT2D eigenvalue weighted by molar-refractivity contribution is 0.0994. The molecule has 0 aliphatic carbocycles. The molecule has 1 atom stereocenters. The Labute approximate surface area is 191 Å². The van der Waals surface area contributed by atoms with E-state index >= 15 is 0 Å². The Morgan fingerprint density at radius 1 is 1.18 bits per heavy atom. The number of benzene rings is 2. The number of amides is 1. The molecule has 0 saturated carbocycles. The third-order valence-electron chi connectivity index (χ3n) is 5.68. The molecule has 1 saturated heterocycles. The van der Waals surface area contributed by atoms with Crippen molar-refractivity contribution in [3.8, 4) is 5.75 Å². The van der Waals surface area contributed by atoms with E-state index in [0.717, 1.165) is 5.39 Å². The Hall–Kier alpha value is -3.59. The second-order valence-corrected chi connectivity index (χ2v) is 10.4. The summed E-state index contributed by atoms with van der Waals surface area (Å²) in [5.41, 5.74) is 1.91. The maximum Gasteiger partial charge on any atom is 0.292 e. The molecule has 8 nitrogen and oxygen atoms in total. The van der Waals surface area contributed by atoms with E-state index in [-0.39, 0.29) is 29.9 Å². The molecule has 9 heteroatoms. The molecule has 0 bridgehead atoms. The number of hydrogen-bond donors (Lipinski definition) is 1. The van der Waals surface area contributed by atoms with Gasteiger partial charge in [-0.15, -0.1) is 0 Å². The van der Waals surface area contributed by atoms with Gasteiger partial charge in [0.2, 0.25) is 0 Å². The zero-order chi connectivity index (χ0) is 23.0. The Morgan fingerprint density at radius 3 is 2.70 bits per heavy atom. The van der Waals surface area contributed by atoms with Gasteiger partial charge in [-0.1, -0.05) is 36.4 Å². The van der Waals surface area contributed by atoms with Crippen LogP contribution in [0.1, 0.15) is 34.3 Å². The molecule has 3 heterocycles. The normalized spacial score (nSPS) is 17.3. The fraction of sp³-hybridized carbons (Fsp3) is 0.250. The van der Waals surface area contributed by atoms with Gasteiger partial charge in [0.25, 0.3) is 5.91 Å². The van der Waals surface area contributed by atoms with Gasteiger partial charge in [0.05, 0.1) is 23.2 Å². The number of hydrogen-bond acceptors (Lipinski definition) is 6. The number of carbonyl (C=O) groups is 1. The first-order valence-electron chi connectivity index (χ1n) is 10.7. The minimum atomic E-state index is -3.10. The van der Waals surface area contributed by atoms with Crippen molar-refractivity contribution in [2.45, 2.75) is 26.0 Å². The number of sulfone groups is 1. The van der Waals surface area contributed by atoms with Crippen LogP contribution in [0.15, 0.2) is 65.1 Å². The van der Waals surface area contributed by atoms with Gasteiger partial charge in [-0.25, -0.2) is 13.1 Å². The SMILES string of the molecule is Cc1cc(NC(=O)c2oc3ccccc3c2COc2ccccc2)n([C@H]2CCS(=O)(=O)C2)n1. The molecule has 170 valence electrons. The van der Waals surface area contributed by atoms with E-state index in [9.17, 15) is 13.2 Å². The van der Waals surface area contributed by atoms with Gasteiger partial charge in [-0.05, 0) is 31.5 Å². The van der Waals surface area contributed by atoms with Crippen LogP contribution in [0.4, 0.5) is 5.82 Å². The summed E-state index contributed by atoms with van der Waals surface area (Å²) in [7, 11) is -3.10. The summed E-state index contributed by atoms with van der Waals surface area (Å²) in [6.45, 7) is 1.96. The molecular formula is C24H23N3O5S. The van der Waals surface area contributed by atoms with Crippen molar-refractivity contribution in [2.24, 2.45) is 0 Å². The van der Waals surface area contributed by atoms with Crippen molar-refractivity contribution in [3.05, 3.63) is 77.7 Å². The minimum Gasteiger partial charge on any atom is -0.489 e. The lowest BCUT2D eigenvalue weighted by atomic mass is 10.1. The van der Waals surface area contributed by atoms with E-state index in [0.29, 0.717) is 34.8 Å². The number of fused-ring (bicyclic) bond motifs is 1. The summed E-state index contributed by atoms with van der Waals surface area (Å²) in [6.07, 6.45) is 0.465. The number of rotatable bonds is 6. The third-order valence-corrected chi connectivity index (χ3v) is 7.44. The molecule has 2 aromatic carbocycles. The molecule has 1 aliphatic rings. The van der Waals surface area contributed by atoms with Gasteiger partial charge in [0, 0.05) is 17.0 Å². The van der Waals surface area contributed by atoms with Crippen molar-refractivity contribution < 1.29 is 22.4 Å². The van der Waals surface area contributed by atoms with Crippen LogP contribution >= 0.6 is 0 Å². The highest BCUT2D eigenvalue weighted by Crippen LogP contribution is 2.30. The smallest absolute Gasteiger partial charge is 0.292 e. The average Bonchev–Trinajstić information content (AvgIpc) is 3.47. The summed E-state index contributed by atoms with van der Waals surface area (Å²) in [4.78, 5) is 13.3. The summed E-state index contributed by atoms with van der Waals surface area (Å²) >= 11 is 0. The highest BCUT2D eigenvalue weighted by atomic mass is 32.2. The third kappa shape index (κ3) is 4.36. The van der Waals surface area contributed by atoms with Crippen LogP contribution in [-0.4, -0.2) is 35.6 Å². The zero-order valence-electron chi connectivity index (χ0n) is 18.0. The van der Waals surface area contributed by atoms with Gasteiger partial charge in [0.15, 0.2) is 15.6 Å². The van der Waals surface area contributed by atoms with Crippen LogP contribution < -0.4 is 10.1 Å². The van der Waals surface area contributed by atoms with Crippen molar-refractivity contribution in [1.29, 1.82) is 0 Å². The molecule has 0 unspecified atom stereocenters. The fourth-order valence-corrected chi connectivity index (χ4v) is 5.82. The van der Waals surface area contributed by atoms with Crippen LogP contribution in [0.25, 0.3) is 11.0 Å². The van der Waals surface area contributed by atoms with Crippen LogP contribution in [0.2, 0.25) is 0 Å². The highest BCUT2D eigenvalue weighted by Gasteiger charge is 2.32. The second kappa shape index (κ2) is 8.40.